The molecule has 0 amide bonds. The summed E-state index contributed by atoms with van der Waals surface area (Å²) in [4.78, 5) is 8.29. The molecule has 3 nitrogen and oxygen atoms in total. The van der Waals surface area contributed by atoms with Crippen molar-refractivity contribution in [1.29, 1.82) is 0 Å². The first-order valence-electron chi connectivity index (χ1n) is 4.53. The van der Waals surface area contributed by atoms with Gasteiger partial charge < -0.3 is 4.74 Å². The summed E-state index contributed by atoms with van der Waals surface area (Å²) in [6.07, 6.45) is 2.03. The molecule has 14 heavy (non-hydrogen) atoms. The maximum atomic E-state index is 5.86. The van der Waals surface area contributed by atoms with E-state index >= 15 is 0 Å². The smallest absolute Gasteiger partial charge is 0.198 e. The van der Waals surface area contributed by atoms with Crippen molar-refractivity contribution in [2.75, 3.05) is 13.2 Å². The normalized spacial score (nSPS) is 18.4. The van der Waals surface area contributed by atoms with Crippen LogP contribution in [0.3, 0.4) is 0 Å². The number of hydrogen-bond donors (Lipinski definition) is 0. The molecule has 0 saturated carbocycles. The Labute approximate surface area is 96.0 Å². The summed E-state index contributed by atoms with van der Waals surface area (Å²) in [5.74, 6) is 0.459. The molecule has 1 aliphatic rings. The van der Waals surface area contributed by atoms with Gasteiger partial charge in [-0.15, -0.1) is 0 Å². The molecule has 1 aromatic rings. The van der Waals surface area contributed by atoms with Gasteiger partial charge in [-0.2, -0.15) is 0 Å². The average molecular weight is 278 g/mol. The Hall–Kier alpha value is -0.190. The summed E-state index contributed by atoms with van der Waals surface area (Å²) < 4.78 is 5.86. The van der Waals surface area contributed by atoms with Crippen LogP contribution in [0, 0.1) is 0 Å². The van der Waals surface area contributed by atoms with Gasteiger partial charge in [-0.05, 0) is 34.8 Å². The van der Waals surface area contributed by atoms with E-state index in [-0.39, 0.29) is 0 Å². The zero-order valence-corrected chi connectivity index (χ0v) is 9.88. The van der Waals surface area contributed by atoms with E-state index < -0.39 is 0 Å². The van der Waals surface area contributed by atoms with E-state index in [9.17, 15) is 0 Å². The van der Waals surface area contributed by atoms with Gasteiger partial charge in [0.25, 0.3) is 0 Å². The Balaban J connectivity index is 2.21. The second kappa shape index (κ2) is 4.55. The Morgan fingerprint density at radius 2 is 2.07 bits per heavy atom. The minimum absolute atomic E-state index is 0.459. The highest BCUT2D eigenvalue weighted by molar-refractivity contribution is 9.10. The second-order valence-corrected chi connectivity index (χ2v) is 4.37. The van der Waals surface area contributed by atoms with Crippen LogP contribution >= 0.6 is 27.5 Å². The number of halogens is 2. The molecule has 0 unspecified atom stereocenters. The average Bonchev–Trinajstić information content (AvgIpc) is 2.18. The summed E-state index contributed by atoms with van der Waals surface area (Å²) >= 11 is 9.10. The maximum absolute atomic E-state index is 5.86. The van der Waals surface area contributed by atoms with Gasteiger partial charge in [0.15, 0.2) is 4.73 Å². The molecule has 0 atom stereocenters. The monoisotopic (exact) mass is 276 g/mol. The largest absolute Gasteiger partial charge is 0.381 e. The molecule has 0 radical (unpaired) electrons. The third-order valence-corrected chi connectivity index (χ3v) is 2.88. The van der Waals surface area contributed by atoms with Crippen LogP contribution in [-0.4, -0.2) is 23.2 Å². The van der Waals surface area contributed by atoms with E-state index in [1.54, 1.807) is 0 Å². The number of ether oxygens (including phenoxy) is 1. The summed E-state index contributed by atoms with van der Waals surface area (Å²) in [6, 6.07) is 1.84. The van der Waals surface area contributed by atoms with Gasteiger partial charge in [0, 0.05) is 24.8 Å². The van der Waals surface area contributed by atoms with Gasteiger partial charge in [-0.3, -0.25) is 0 Å². The minimum atomic E-state index is 0.459. The molecule has 0 N–H and O–H groups in total. The highest BCUT2D eigenvalue weighted by atomic mass is 79.9. The van der Waals surface area contributed by atoms with Crippen LogP contribution in [0.5, 0.6) is 0 Å². The van der Waals surface area contributed by atoms with Crippen LogP contribution in [0.15, 0.2) is 10.8 Å². The first-order chi connectivity index (χ1) is 6.75. The minimum Gasteiger partial charge on any atom is -0.381 e. The Kier molecular flexibility index (Phi) is 3.36. The van der Waals surface area contributed by atoms with E-state index in [2.05, 4.69) is 25.9 Å². The van der Waals surface area contributed by atoms with Gasteiger partial charge in [-0.1, -0.05) is 11.6 Å². The van der Waals surface area contributed by atoms with Crippen LogP contribution in [0.1, 0.15) is 24.5 Å². The zero-order chi connectivity index (χ0) is 9.97. The van der Waals surface area contributed by atoms with Gasteiger partial charge in [0.1, 0.15) is 5.15 Å². The van der Waals surface area contributed by atoms with Crippen molar-refractivity contribution >= 4 is 27.5 Å². The molecular weight excluding hydrogens is 267 g/mol. The molecule has 1 aliphatic heterocycles. The maximum Gasteiger partial charge on any atom is 0.198 e. The molecule has 0 bridgehead atoms. The lowest BCUT2D eigenvalue weighted by molar-refractivity contribution is 0.0844. The van der Waals surface area contributed by atoms with E-state index in [0.29, 0.717) is 15.8 Å². The first kappa shape index (κ1) is 10.3. The second-order valence-electron chi connectivity index (χ2n) is 3.27. The Morgan fingerprint density at radius 1 is 1.36 bits per heavy atom. The predicted molar refractivity (Wildman–Crippen MR) is 57.5 cm³/mol. The lowest BCUT2D eigenvalue weighted by atomic mass is 9.96. The highest BCUT2D eigenvalue weighted by Gasteiger charge is 2.18. The molecule has 0 aliphatic carbocycles. The fourth-order valence-electron chi connectivity index (χ4n) is 1.61. The lowest BCUT2D eigenvalue weighted by Crippen LogP contribution is -2.15. The Morgan fingerprint density at radius 3 is 2.71 bits per heavy atom. The number of hydrogen-bond acceptors (Lipinski definition) is 3. The van der Waals surface area contributed by atoms with Crippen molar-refractivity contribution < 1.29 is 4.74 Å². The third kappa shape index (κ3) is 2.43. The van der Waals surface area contributed by atoms with Gasteiger partial charge in [-0.25, -0.2) is 9.97 Å². The van der Waals surface area contributed by atoms with E-state index in [1.807, 2.05) is 6.07 Å². The van der Waals surface area contributed by atoms with Gasteiger partial charge >= 0.3 is 0 Å². The van der Waals surface area contributed by atoms with Crippen LogP contribution in [0.2, 0.25) is 5.15 Å². The number of rotatable bonds is 1. The first-order valence-corrected chi connectivity index (χ1v) is 5.70. The molecule has 1 fully saturated rings. The van der Waals surface area contributed by atoms with Crippen molar-refractivity contribution in [2.45, 2.75) is 18.8 Å². The molecular formula is C9H10BrClN2O. The Bertz CT molecular complexity index is 308. The van der Waals surface area contributed by atoms with Gasteiger partial charge in [0.05, 0.1) is 0 Å². The fourth-order valence-corrected chi connectivity index (χ4v) is 2.30. The van der Waals surface area contributed by atoms with E-state index in [1.165, 1.54) is 0 Å². The molecule has 1 aromatic heterocycles. The SMILES string of the molecule is Clc1cc(C2CCOCC2)nc(Br)n1. The van der Waals surface area contributed by atoms with Crippen molar-refractivity contribution in [2.24, 2.45) is 0 Å². The zero-order valence-electron chi connectivity index (χ0n) is 7.54. The molecule has 1 saturated heterocycles. The van der Waals surface area contributed by atoms with E-state index in [0.717, 1.165) is 31.7 Å². The summed E-state index contributed by atoms with van der Waals surface area (Å²) in [5.41, 5.74) is 1.01. The fraction of sp³-hybridized carbons (Fsp3) is 0.556. The molecule has 76 valence electrons. The highest BCUT2D eigenvalue weighted by Crippen LogP contribution is 2.27. The van der Waals surface area contributed by atoms with Crippen molar-refractivity contribution in [1.82, 2.24) is 9.97 Å². The lowest BCUT2D eigenvalue weighted by Gasteiger charge is -2.21. The van der Waals surface area contributed by atoms with Gasteiger partial charge in [0.2, 0.25) is 0 Å². The van der Waals surface area contributed by atoms with Crippen LogP contribution in [-0.2, 0) is 4.74 Å². The molecule has 5 heteroatoms. The van der Waals surface area contributed by atoms with Crippen LogP contribution in [0.4, 0.5) is 0 Å². The third-order valence-electron chi connectivity index (χ3n) is 2.33. The summed E-state index contributed by atoms with van der Waals surface area (Å²) in [5, 5.41) is 0.494. The summed E-state index contributed by atoms with van der Waals surface area (Å²) in [7, 11) is 0. The topological polar surface area (TPSA) is 35.0 Å². The molecule has 0 spiro atoms. The standard InChI is InChI=1S/C9H10BrClN2O/c10-9-12-7(5-8(11)13-9)6-1-3-14-4-2-6/h5-6H,1-4H2. The molecule has 2 rings (SSSR count). The molecule has 2 heterocycles. The van der Waals surface area contributed by atoms with Crippen molar-refractivity contribution in [3.8, 4) is 0 Å². The quantitative estimate of drug-likeness (QED) is 0.585. The van der Waals surface area contributed by atoms with Crippen molar-refractivity contribution in [3.63, 3.8) is 0 Å². The molecule has 0 aromatic carbocycles. The summed E-state index contributed by atoms with van der Waals surface area (Å²) in [6.45, 7) is 1.62. The number of aromatic nitrogens is 2. The van der Waals surface area contributed by atoms with Crippen LogP contribution < -0.4 is 0 Å². The van der Waals surface area contributed by atoms with Crippen molar-refractivity contribution in [3.05, 3.63) is 21.6 Å². The van der Waals surface area contributed by atoms with Crippen LogP contribution in [0.25, 0.3) is 0 Å². The predicted octanol–water partition coefficient (Wildman–Crippen LogP) is 2.79. The van der Waals surface area contributed by atoms with E-state index in [4.69, 9.17) is 16.3 Å². The number of nitrogens with zero attached hydrogens (tertiary/aromatic N) is 2.